The van der Waals surface area contributed by atoms with E-state index < -0.39 is 0 Å². The van der Waals surface area contributed by atoms with Crippen LogP contribution in [0.4, 0.5) is 0 Å². The summed E-state index contributed by atoms with van der Waals surface area (Å²) in [7, 11) is 0. The summed E-state index contributed by atoms with van der Waals surface area (Å²) < 4.78 is 5.21. The molecule has 0 unspecified atom stereocenters. The first-order chi connectivity index (χ1) is 4.97. The summed E-state index contributed by atoms with van der Waals surface area (Å²) in [6.07, 6.45) is 11.2. The highest BCUT2D eigenvalue weighted by Crippen LogP contribution is 2.20. The molecule has 0 spiro atoms. The summed E-state index contributed by atoms with van der Waals surface area (Å²) in [5.74, 6) is 0.880. The van der Waals surface area contributed by atoms with Crippen molar-refractivity contribution in [3.05, 3.63) is 36.4 Å². The molecule has 1 aromatic rings. The highest BCUT2D eigenvalue weighted by atomic mass is 16.5. The lowest BCUT2D eigenvalue weighted by molar-refractivity contribution is 0.482. The summed E-state index contributed by atoms with van der Waals surface area (Å²) in [6.45, 7) is 0. The lowest BCUT2D eigenvalue weighted by atomic mass is 10.3. The van der Waals surface area contributed by atoms with E-state index in [2.05, 4.69) is 4.98 Å². The van der Waals surface area contributed by atoms with Crippen LogP contribution in [-0.2, 0) is 0 Å². The molecule has 50 valence electrons. The molecule has 2 heteroatoms. The van der Waals surface area contributed by atoms with Gasteiger partial charge in [-0.05, 0) is 12.2 Å². The fraction of sp³-hybridized carbons (Fsp3) is 0. The average molecular weight is 133 g/mol. The van der Waals surface area contributed by atoms with Gasteiger partial charge in [-0.1, -0.05) is 6.08 Å². The van der Waals surface area contributed by atoms with Gasteiger partial charge in [0.15, 0.2) is 5.75 Å². The first kappa shape index (κ1) is 5.35. The van der Waals surface area contributed by atoms with Crippen molar-refractivity contribution in [3.63, 3.8) is 0 Å². The molecule has 1 aromatic heterocycles. The van der Waals surface area contributed by atoms with Crippen LogP contribution in [0.3, 0.4) is 0 Å². The van der Waals surface area contributed by atoms with Gasteiger partial charge in [-0.25, -0.2) is 0 Å². The van der Waals surface area contributed by atoms with Gasteiger partial charge >= 0.3 is 0 Å². The fourth-order valence-corrected chi connectivity index (χ4v) is 0.911. The summed E-state index contributed by atoms with van der Waals surface area (Å²) in [6, 6.07) is 0. The molecule has 2 heterocycles. The number of H-pyrrole nitrogens is 1. The van der Waals surface area contributed by atoms with Crippen LogP contribution in [0.2, 0.25) is 0 Å². The van der Waals surface area contributed by atoms with Crippen molar-refractivity contribution in [2.45, 2.75) is 0 Å². The zero-order valence-electron chi connectivity index (χ0n) is 5.37. The quantitative estimate of drug-likeness (QED) is 0.574. The van der Waals surface area contributed by atoms with E-state index in [9.17, 15) is 0 Å². The molecule has 0 amide bonds. The third-order valence-electron chi connectivity index (χ3n) is 1.40. The first-order valence-electron chi connectivity index (χ1n) is 3.13. The van der Waals surface area contributed by atoms with Gasteiger partial charge in [-0.2, -0.15) is 0 Å². The summed E-state index contributed by atoms with van der Waals surface area (Å²) in [4.78, 5) is 2.96. The standard InChI is InChI=1S/C8H7NO/c1-2-4-10-8-6-9-5-7(8)3-1/h1-6,9H. The lowest BCUT2D eigenvalue weighted by Crippen LogP contribution is -1.77. The van der Waals surface area contributed by atoms with Gasteiger partial charge in [0.2, 0.25) is 0 Å². The fourth-order valence-electron chi connectivity index (χ4n) is 0.911. The van der Waals surface area contributed by atoms with E-state index in [0.717, 1.165) is 11.3 Å². The van der Waals surface area contributed by atoms with E-state index in [-0.39, 0.29) is 0 Å². The number of allylic oxidation sites excluding steroid dienone is 2. The molecule has 0 fully saturated rings. The Kier molecular flexibility index (Phi) is 1.10. The van der Waals surface area contributed by atoms with Crippen LogP contribution >= 0.6 is 0 Å². The van der Waals surface area contributed by atoms with Crippen LogP contribution in [0.1, 0.15) is 5.56 Å². The molecule has 0 aromatic carbocycles. The second-order valence-corrected chi connectivity index (χ2v) is 2.08. The minimum absolute atomic E-state index is 0.880. The zero-order chi connectivity index (χ0) is 6.81. The smallest absolute Gasteiger partial charge is 0.151 e. The number of aromatic amines is 1. The van der Waals surface area contributed by atoms with Gasteiger partial charge in [0.25, 0.3) is 0 Å². The molecule has 0 bridgehead atoms. The Balaban J connectivity index is 2.50. The van der Waals surface area contributed by atoms with Crippen LogP contribution < -0.4 is 4.74 Å². The Bertz CT molecular complexity index is 283. The molecule has 1 aliphatic heterocycles. The molecule has 1 N–H and O–H groups in total. The number of hydrogen-bond acceptors (Lipinski definition) is 1. The largest absolute Gasteiger partial charge is 0.463 e. The molecular formula is C8H7NO. The Hall–Kier alpha value is -1.44. The van der Waals surface area contributed by atoms with Gasteiger partial charge in [0.05, 0.1) is 6.26 Å². The number of rotatable bonds is 0. The average Bonchev–Trinajstić information content (AvgIpc) is 2.28. The molecule has 1 aliphatic rings. The zero-order valence-corrected chi connectivity index (χ0v) is 5.37. The van der Waals surface area contributed by atoms with Gasteiger partial charge < -0.3 is 9.72 Å². The first-order valence-corrected chi connectivity index (χ1v) is 3.13. The molecule has 0 radical (unpaired) electrons. The molecule has 10 heavy (non-hydrogen) atoms. The summed E-state index contributed by atoms with van der Waals surface area (Å²) in [5, 5.41) is 0. The SMILES string of the molecule is C1=COc2c[nH]cc2C=C1. The minimum atomic E-state index is 0.880. The number of ether oxygens (including phenoxy) is 1. The van der Waals surface area contributed by atoms with Crippen LogP contribution in [0.5, 0.6) is 5.75 Å². The van der Waals surface area contributed by atoms with Crippen molar-refractivity contribution >= 4 is 6.08 Å². The van der Waals surface area contributed by atoms with Crippen LogP contribution in [-0.4, -0.2) is 4.98 Å². The van der Waals surface area contributed by atoms with Gasteiger partial charge in [0, 0.05) is 18.0 Å². The number of fused-ring (bicyclic) bond motifs is 1. The second-order valence-electron chi connectivity index (χ2n) is 2.08. The van der Waals surface area contributed by atoms with Crippen molar-refractivity contribution in [1.82, 2.24) is 4.98 Å². The lowest BCUT2D eigenvalue weighted by Gasteiger charge is -1.93. The maximum atomic E-state index is 5.21. The van der Waals surface area contributed by atoms with E-state index in [1.54, 1.807) is 6.26 Å². The number of aromatic nitrogens is 1. The molecule has 2 rings (SSSR count). The topological polar surface area (TPSA) is 25.0 Å². The third-order valence-corrected chi connectivity index (χ3v) is 1.40. The molecule has 0 saturated heterocycles. The van der Waals surface area contributed by atoms with E-state index in [4.69, 9.17) is 4.74 Å². The molecular weight excluding hydrogens is 126 g/mol. The van der Waals surface area contributed by atoms with Crippen molar-refractivity contribution in [3.8, 4) is 5.75 Å². The third kappa shape index (κ3) is 0.739. The monoisotopic (exact) mass is 133 g/mol. The van der Waals surface area contributed by atoms with Crippen molar-refractivity contribution in [2.75, 3.05) is 0 Å². The van der Waals surface area contributed by atoms with Gasteiger partial charge in [0.1, 0.15) is 0 Å². The molecule has 0 atom stereocenters. The maximum absolute atomic E-state index is 5.21. The predicted molar refractivity (Wildman–Crippen MR) is 39.6 cm³/mol. The van der Waals surface area contributed by atoms with E-state index in [0.29, 0.717) is 0 Å². The highest BCUT2D eigenvalue weighted by molar-refractivity contribution is 5.58. The summed E-state index contributed by atoms with van der Waals surface area (Å²) in [5.41, 5.74) is 1.09. The van der Waals surface area contributed by atoms with Crippen LogP contribution in [0.25, 0.3) is 6.08 Å². The van der Waals surface area contributed by atoms with Gasteiger partial charge in [-0.15, -0.1) is 0 Å². The van der Waals surface area contributed by atoms with Crippen molar-refractivity contribution in [1.29, 1.82) is 0 Å². The van der Waals surface area contributed by atoms with Gasteiger partial charge in [-0.3, -0.25) is 0 Å². The van der Waals surface area contributed by atoms with E-state index in [1.165, 1.54) is 0 Å². The molecule has 2 nitrogen and oxygen atoms in total. The number of hydrogen-bond donors (Lipinski definition) is 1. The Labute approximate surface area is 58.8 Å². The Morgan fingerprint density at radius 1 is 1.20 bits per heavy atom. The van der Waals surface area contributed by atoms with E-state index in [1.807, 2.05) is 30.6 Å². The minimum Gasteiger partial charge on any atom is -0.463 e. The van der Waals surface area contributed by atoms with Crippen molar-refractivity contribution in [2.24, 2.45) is 0 Å². The Morgan fingerprint density at radius 2 is 2.20 bits per heavy atom. The summed E-state index contributed by atoms with van der Waals surface area (Å²) >= 11 is 0. The molecule has 0 saturated carbocycles. The second kappa shape index (κ2) is 2.06. The normalized spacial score (nSPS) is 14.0. The van der Waals surface area contributed by atoms with Crippen molar-refractivity contribution < 1.29 is 4.74 Å². The highest BCUT2D eigenvalue weighted by Gasteiger charge is 2.00. The predicted octanol–water partition coefficient (Wildman–Crippen LogP) is 1.93. The number of nitrogens with one attached hydrogen (secondary N) is 1. The molecule has 0 aliphatic carbocycles. The van der Waals surface area contributed by atoms with E-state index >= 15 is 0 Å². The maximum Gasteiger partial charge on any atom is 0.151 e. The Morgan fingerprint density at radius 3 is 3.20 bits per heavy atom. The van der Waals surface area contributed by atoms with Crippen LogP contribution in [0, 0.1) is 0 Å². The van der Waals surface area contributed by atoms with Crippen LogP contribution in [0.15, 0.2) is 30.8 Å².